The predicted molar refractivity (Wildman–Crippen MR) is 80.0 cm³/mol. The molecular weight excluding hydrogens is 290 g/mol. The lowest BCUT2D eigenvalue weighted by Gasteiger charge is -2.31. The summed E-state index contributed by atoms with van der Waals surface area (Å²) in [6.45, 7) is 6.73. The Morgan fingerprint density at radius 1 is 1.56 bits per heavy atom. The third-order valence-corrected chi connectivity index (χ3v) is 4.03. The van der Waals surface area contributed by atoms with Crippen molar-refractivity contribution in [2.45, 2.75) is 26.2 Å². The zero-order chi connectivity index (χ0) is 12.8. The van der Waals surface area contributed by atoms with Gasteiger partial charge in [0.05, 0.1) is 4.47 Å². The second-order valence-electron chi connectivity index (χ2n) is 4.97. The minimum atomic E-state index is 0.749. The first-order valence-electron chi connectivity index (χ1n) is 6.87. The summed E-state index contributed by atoms with van der Waals surface area (Å²) < 4.78 is 1.10. The molecule has 0 amide bonds. The van der Waals surface area contributed by atoms with Crippen molar-refractivity contribution in [3.63, 3.8) is 0 Å². The highest BCUT2D eigenvalue weighted by molar-refractivity contribution is 9.10. The molecule has 3 nitrogen and oxygen atoms in total. The summed E-state index contributed by atoms with van der Waals surface area (Å²) in [5.41, 5.74) is 0. The van der Waals surface area contributed by atoms with E-state index < -0.39 is 0 Å². The lowest BCUT2D eigenvalue weighted by atomic mass is 9.99. The zero-order valence-corrected chi connectivity index (χ0v) is 12.6. The van der Waals surface area contributed by atoms with Gasteiger partial charge in [0.25, 0.3) is 0 Å². The summed E-state index contributed by atoms with van der Waals surface area (Å²) in [7, 11) is 0. The number of rotatable bonds is 5. The molecular formula is C14H22BrN3. The Balaban J connectivity index is 2.05. The van der Waals surface area contributed by atoms with Crippen LogP contribution < -0.4 is 10.2 Å². The largest absolute Gasteiger partial charge is 0.355 e. The molecule has 2 rings (SSSR count). The van der Waals surface area contributed by atoms with E-state index in [0.717, 1.165) is 42.3 Å². The van der Waals surface area contributed by atoms with Crippen molar-refractivity contribution in [2.24, 2.45) is 5.92 Å². The van der Waals surface area contributed by atoms with Gasteiger partial charge in [-0.1, -0.05) is 6.92 Å². The molecule has 1 fully saturated rings. The van der Waals surface area contributed by atoms with Crippen LogP contribution in [0.1, 0.15) is 26.2 Å². The lowest BCUT2D eigenvalue weighted by Crippen LogP contribution is -2.39. The standard InChI is InChI=1S/C14H22BrN3/c1-2-9-18(11-12-5-3-7-16-10-12)14-13(15)6-4-8-17-14/h4,6,8,12,16H,2-3,5,7,9-11H2,1H3. The Morgan fingerprint density at radius 2 is 2.44 bits per heavy atom. The van der Waals surface area contributed by atoms with Gasteiger partial charge in [-0.2, -0.15) is 0 Å². The molecule has 1 atom stereocenters. The van der Waals surface area contributed by atoms with Gasteiger partial charge in [0.1, 0.15) is 5.82 Å². The molecule has 0 saturated carbocycles. The Morgan fingerprint density at radius 3 is 3.11 bits per heavy atom. The molecule has 0 bridgehead atoms. The third-order valence-electron chi connectivity index (χ3n) is 3.41. The van der Waals surface area contributed by atoms with Gasteiger partial charge < -0.3 is 10.2 Å². The van der Waals surface area contributed by atoms with Gasteiger partial charge in [0, 0.05) is 19.3 Å². The Hall–Kier alpha value is -0.610. The summed E-state index contributed by atoms with van der Waals surface area (Å²) in [5.74, 6) is 1.84. The molecule has 0 radical (unpaired) electrons. The maximum absolute atomic E-state index is 4.52. The number of nitrogens with zero attached hydrogens (tertiary/aromatic N) is 2. The first-order chi connectivity index (χ1) is 8.81. The van der Waals surface area contributed by atoms with E-state index in [1.165, 1.54) is 19.4 Å². The van der Waals surface area contributed by atoms with Crippen LogP contribution >= 0.6 is 15.9 Å². The van der Waals surface area contributed by atoms with E-state index in [0.29, 0.717) is 0 Å². The zero-order valence-electron chi connectivity index (χ0n) is 11.0. The van der Waals surface area contributed by atoms with Crippen molar-refractivity contribution in [3.8, 4) is 0 Å². The van der Waals surface area contributed by atoms with Crippen LogP contribution in [0.25, 0.3) is 0 Å². The maximum Gasteiger partial charge on any atom is 0.142 e. The Labute approximate surface area is 118 Å². The Bertz CT molecular complexity index is 364. The summed E-state index contributed by atoms with van der Waals surface area (Å²) in [6.07, 6.45) is 5.66. The van der Waals surface area contributed by atoms with Gasteiger partial charge in [-0.25, -0.2) is 4.98 Å². The van der Waals surface area contributed by atoms with Gasteiger partial charge in [-0.3, -0.25) is 0 Å². The van der Waals surface area contributed by atoms with Gasteiger partial charge in [0.2, 0.25) is 0 Å². The van der Waals surface area contributed by atoms with Crippen LogP contribution in [0.2, 0.25) is 0 Å². The minimum Gasteiger partial charge on any atom is -0.355 e. The van der Waals surface area contributed by atoms with Crippen molar-refractivity contribution in [1.82, 2.24) is 10.3 Å². The number of hydrogen-bond donors (Lipinski definition) is 1. The molecule has 2 heterocycles. The molecule has 100 valence electrons. The molecule has 1 N–H and O–H groups in total. The van der Waals surface area contributed by atoms with Gasteiger partial charge in [-0.15, -0.1) is 0 Å². The molecule has 18 heavy (non-hydrogen) atoms. The highest BCUT2D eigenvalue weighted by Gasteiger charge is 2.18. The van der Waals surface area contributed by atoms with E-state index in [9.17, 15) is 0 Å². The van der Waals surface area contributed by atoms with E-state index in [1.807, 2.05) is 12.3 Å². The molecule has 4 heteroatoms. The van der Waals surface area contributed by atoms with Gasteiger partial charge in [0.15, 0.2) is 0 Å². The fourth-order valence-electron chi connectivity index (χ4n) is 2.56. The first-order valence-corrected chi connectivity index (χ1v) is 7.66. The second kappa shape index (κ2) is 7.10. The van der Waals surface area contributed by atoms with Crippen molar-refractivity contribution in [3.05, 3.63) is 22.8 Å². The number of hydrogen-bond acceptors (Lipinski definition) is 3. The molecule has 1 aromatic rings. The molecule has 1 aromatic heterocycles. The summed E-state index contributed by atoms with van der Waals surface area (Å²) >= 11 is 3.61. The van der Waals surface area contributed by atoms with Crippen molar-refractivity contribution >= 4 is 21.7 Å². The minimum absolute atomic E-state index is 0.749. The molecule has 1 aliphatic rings. The number of pyridine rings is 1. The highest BCUT2D eigenvalue weighted by atomic mass is 79.9. The summed E-state index contributed by atoms with van der Waals surface area (Å²) in [6, 6.07) is 4.05. The van der Waals surface area contributed by atoms with Crippen molar-refractivity contribution < 1.29 is 0 Å². The van der Waals surface area contributed by atoms with Crippen LogP contribution in [-0.2, 0) is 0 Å². The third kappa shape index (κ3) is 3.69. The van der Waals surface area contributed by atoms with Crippen molar-refractivity contribution in [1.29, 1.82) is 0 Å². The molecule has 1 unspecified atom stereocenters. The van der Waals surface area contributed by atoms with Crippen molar-refractivity contribution in [2.75, 3.05) is 31.1 Å². The lowest BCUT2D eigenvalue weighted by molar-refractivity contribution is 0.376. The number of halogens is 1. The average molecular weight is 312 g/mol. The monoisotopic (exact) mass is 311 g/mol. The Kier molecular flexibility index (Phi) is 5.45. The molecule has 0 aliphatic carbocycles. The van der Waals surface area contributed by atoms with Crippen LogP contribution in [0.15, 0.2) is 22.8 Å². The fraction of sp³-hybridized carbons (Fsp3) is 0.643. The van der Waals surface area contributed by atoms with Crippen LogP contribution in [0.3, 0.4) is 0 Å². The number of nitrogens with one attached hydrogen (secondary N) is 1. The summed E-state index contributed by atoms with van der Waals surface area (Å²) in [4.78, 5) is 6.94. The number of piperidine rings is 1. The second-order valence-corrected chi connectivity index (χ2v) is 5.82. The molecule has 1 aliphatic heterocycles. The highest BCUT2D eigenvalue weighted by Crippen LogP contribution is 2.25. The van der Waals surface area contributed by atoms with E-state index in [2.05, 4.69) is 44.1 Å². The smallest absolute Gasteiger partial charge is 0.142 e. The first kappa shape index (κ1) is 13.8. The predicted octanol–water partition coefficient (Wildman–Crippen LogP) is 3.06. The number of anilines is 1. The topological polar surface area (TPSA) is 28.2 Å². The van der Waals surface area contributed by atoms with E-state index in [4.69, 9.17) is 0 Å². The van der Waals surface area contributed by atoms with Crippen LogP contribution in [0.5, 0.6) is 0 Å². The van der Waals surface area contributed by atoms with Crippen LogP contribution in [-0.4, -0.2) is 31.2 Å². The van der Waals surface area contributed by atoms with Crippen LogP contribution in [0.4, 0.5) is 5.82 Å². The summed E-state index contributed by atoms with van der Waals surface area (Å²) in [5, 5.41) is 3.49. The molecule has 1 saturated heterocycles. The van der Waals surface area contributed by atoms with E-state index in [-0.39, 0.29) is 0 Å². The maximum atomic E-state index is 4.52. The average Bonchev–Trinajstić information content (AvgIpc) is 2.40. The number of aromatic nitrogens is 1. The van der Waals surface area contributed by atoms with E-state index in [1.54, 1.807) is 0 Å². The van der Waals surface area contributed by atoms with Gasteiger partial charge in [-0.05, 0) is 66.3 Å². The van der Waals surface area contributed by atoms with Gasteiger partial charge >= 0.3 is 0 Å². The van der Waals surface area contributed by atoms with E-state index >= 15 is 0 Å². The molecule has 0 aromatic carbocycles. The van der Waals surface area contributed by atoms with Crippen LogP contribution in [0, 0.1) is 5.92 Å². The quantitative estimate of drug-likeness (QED) is 0.906. The molecule has 0 spiro atoms. The fourth-order valence-corrected chi connectivity index (χ4v) is 3.06. The SMILES string of the molecule is CCCN(CC1CCCNC1)c1ncccc1Br. The normalized spacial score (nSPS) is 19.8.